The molecule has 1 heterocycles. The molecule has 3 N–H and O–H groups in total. The van der Waals surface area contributed by atoms with E-state index in [1.54, 1.807) is 68.4 Å². The molecule has 0 saturated carbocycles. The Hall–Kier alpha value is -3.83. The molecule has 1 aromatic heterocycles. The summed E-state index contributed by atoms with van der Waals surface area (Å²) in [5, 5.41) is 8.85. The highest BCUT2D eigenvalue weighted by Crippen LogP contribution is 2.36. The van der Waals surface area contributed by atoms with E-state index in [0.29, 0.717) is 28.4 Å². The largest absolute Gasteiger partial charge is 0.462 e. The fourth-order valence-corrected chi connectivity index (χ4v) is 6.78. The van der Waals surface area contributed by atoms with Crippen LogP contribution >= 0.6 is 46.3 Å². The zero-order valence-electron chi connectivity index (χ0n) is 24.0. The van der Waals surface area contributed by atoms with Gasteiger partial charge in [0.05, 0.1) is 32.9 Å². The van der Waals surface area contributed by atoms with E-state index in [2.05, 4.69) is 16.0 Å². The molecular weight excluding hydrogens is 641 g/mol. The maximum Gasteiger partial charge on any atom is 0.341 e. The van der Waals surface area contributed by atoms with E-state index in [4.69, 9.17) is 27.9 Å². The summed E-state index contributed by atoms with van der Waals surface area (Å²) in [6.07, 6.45) is 0.466. The topological polar surface area (TPSA) is 114 Å². The van der Waals surface area contributed by atoms with Crippen LogP contribution in [0.5, 0.6) is 0 Å². The molecule has 0 radical (unpaired) electrons. The summed E-state index contributed by atoms with van der Waals surface area (Å²) in [4.78, 5) is 53.3. The highest BCUT2D eigenvalue weighted by atomic mass is 35.5. The SMILES string of the molecule is CCOC(=O)c1c(NC(=O)C(CC)Sc2cccc(NC(=O)c3ccc(Cl)cc3Cl)c2)sc(C(=O)Nc2ccccc2)c1C. The van der Waals surface area contributed by atoms with Gasteiger partial charge in [0, 0.05) is 21.3 Å². The first kappa shape index (κ1) is 33.1. The lowest BCUT2D eigenvalue weighted by Crippen LogP contribution is -2.25. The molecule has 0 aliphatic carbocycles. The third-order valence-corrected chi connectivity index (χ3v) is 9.42. The van der Waals surface area contributed by atoms with Crippen LogP contribution in [0.1, 0.15) is 56.2 Å². The van der Waals surface area contributed by atoms with Crippen LogP contribution in [0.25, 0.3) is 0 Å². The van der Waals surface area contributed by atoms with E-state index >= 15 is 0 Å². The number of rotatable bonds is 11. The number of esters is 1. The number of nitrogens with one attached hydrogen (secondary N) is 3. The van der Waals surface area contributed by atoms with Gasteiger partial charge in [0.1, 0.15) is 5.00 Å². The predicted octanol–water partition coefficient (Wildman–Crippen LogP) is 8.55. The molecule has 3 amide bonds. The van der Waals surface area contributed by atoms with Gasteiger partial charge in [-0.3, -0.25) is 14.4 Å². The number of para-hydroxylation sites is 1. The van der Waals surface area contributed by atoms with Crippen molar-refractivity contribution in [3.63, 3.8) is 0 Å². The molecule has 0 aliphatic rings. The van der Waals surface area contributed by atoms with Crippen LogP contribution in [0.15, 0.2) is 77.7 Å². The van der Waals surface area contributed by atoms with E-state index < -0.39 is 23.0 Å². The van der Waals surface area contributed by atoms with Crippen LogP contribution in [0.3, 0.4) is 0 Å². The predicted molar refractivity (Wildman–Crippen MR) is 179 cm³/mol. The molecule has 1 atom stereocenters. The molecule has 0 bridgehead atoms. The number of thioether (sulfide) groups is 1. The number of hydrogen-bond donors (Lipinski definition) is 3. The molecule has 3 aromatic carbocycles. The molecule has 228 valence electrons. The summed E-state index contributed by atoms with van der Waals surface area (Å²) in [6.45, 7) is 5.35. The zero-order chi connectivity index (χ0) is 31.8. The van der Waals surface area contributed by atoms with Crippen molar-refractivity contribution in [3.8, 4) is 0 Å². The van der Waals surface area contributed by atoms with Gasteiger partial charge in [-0.15, -0.1) is 23.1 Å². The van der Waals surface area contributed by atoms with Crippen molar-refractivity contribution in [3.05, 3.63) is 104 Å². The fraction of sp³-hybridized carbons (Fsp3) is 0.188. The summed E-state index contributed by atoms with van der Waals surface area (Å²) in [6, 6.07) is 20.7. The maximum absolute atomic E-state index is 13.5. The molecular formula is C32H29Cl2N3O5S2. The molecule has 0 fully saturated rings. The molecule has 4 aromatic rings. The van der Waals surface area contributed by atoms with E-state index in [0.717, 1.165) is 16.2 Å². The zero-order valence-corrected chi connectivity index (χ0v) is 27.2. The van der Waals surface area contributed by atoms with Crippen LogP contribution < -0.4 is 16.0 Å². The molecule has 0 saturated heterocycles. The number of carbonyl (C=O) groups is 4. The van der Waals surface area contributed by atoms with E-state index in [1.165, 1.54) is 17.8 Å². The van der Waals surface area contributed by atoms with Crippen LogP contribution in [-0.4, -0.2) is 35.5 Å². The lowest BCUT2D eigenvalue weighted by molar-refractivity contribution is -0.115. The first-order chi connectivity index (χ1) is 21.1. The van der Waals surface area contributed by atoms with Gasteiger partial charge in [-0.05, 0) is 74.4 Å². The van der Waals surface area contributed by atoms with Crippen molar-refractivity contribution < 1.29 is 23.9 Å². The Morgan fingerprint density at radius 1 is 0.864 bits per heavy atom. The second kappa shape index (κ2) is 15.3. The number of thiophene rings is 1. The lowest BCUT2D eigenvalue weighted by atomic mass is 10.1. The summed E-state index contributed by atoms with van der Waals surface area (Å²) in [5.74, 6) is -1.77. The van der Waals surface area contributed by atoms with Crippen LogP contribution in [0, 0.1) is 6.92 Å². The highest BCUT2D eigenvalue weighted by molar-refractivity contribution is 8.00. The van der Waals surface area contributed by atoms with Crippen molar-refractivity contribution in [1.82, 2.24) is 0 Å². The van der Waals surface area contributed by atoms with Crippen LogP contribution in [0.4, 0.5) is 16.4 Å². The van der Waals surface area contributed by atoms with Gasteiger partial charge in [0.15, 0.2) is 0 Å². The average molecular weight is 671 g/mol. The van der Waals surface area contributed by atoms with E-state index in [-0.39, 0.29) is 38.5 Å². The van der Waals surface area contributed by atoms with Crippen molar-refractivity contribution >= 4 is 86.4 Å². The standard InChI is InChI=1S/C32H29Cl2N3O5S2/c1-4-25(43-22-13-9-12-21(17-22)36-28(38)23-15-14-19(33)16-24(23)34)29(39)37-31-26(32(41)42-5-2)18(3)27(44-31)30(40)35-20-10-7-6-8-11-20/h6-17,25H,4-5H2,1-3H3,(H,35,40)(H,36,38)(H,37,39). The van der Waals surface area contributed by atoms with Gasteiger partial charge in [0.2, 0.25) is 5.91 Å². The van der Waals surface area contributed by atoms with E-state index in [1.807, 2.05) is 19.1 Å². The Bertz CT molecular complexity index is 1690. The summed E-state index contributed by atoms with van der Waals surface area (Å²) in [7, 11) is 0. The van der Waals surface area contributed by atoms with Crippen molar-refractivity contribution in [1.29, 1.82) is 0 Å². The van der Waals surface area contributed by atoms with Crippen LogP contribution in [-0.2, 0) is 9.53 Å². The van der Waals surface area contributed by atoms with Crippen LogP contribution in [0.2, 0.25) is 10.0 Å². The van der Waals surface area contributed by atoms with Crippen molar-refractivity contribution in [2.75, 3.05) is 22.6 Å². The lowest BCUT2D eigenvalue weighted by Gasteiger charge is -2.16. The first-order valence-electron chi connectivity index (χ1n) is 13.6. The van der Waals surface area contributed by atoms with Gasteiger partial charge in [0.25, 0.3) is 11.8 Å². The minimum Gasteiger partial charge on any atom is -0.462 e. The summed E-state index contributed by atoms with van der Waals surface area (Å²) in [5.41, 5.74) is 1.97. The first-order valence-corrected chi connectivity index (χ1v) is 16.1. The Morgan fingerprint density at radius 2 is 1.57 bits per heavy atom. The molecule has 44 heavy (non-hydrogen) atoms. The third kappa shape index (κ3) is 8.21. The van der Waals surface area contributed by atoms with E-state index in [9.17, 15) is 19.2 Å². The molecule has 1 unspecified atom stereocenters. The van der Waals surface area contributed by atoms with Gasteiger partial charge in [-0.1, -0.05) is 54.4 Å². The number of amides is 3. The Labute approximate surface area is 273 Å². The molecule has 8 nitrogen and oxygen atoms in total. The van der Waals surface area contributed by atoms with Gasteiger partial charge in [-0.25, -0.2) is 4.79 Å². The second-order valence-electron chi connectivity index (χ2n) is 9.41. The Balaban J connectivity index is 1.51. The Morgan fingerprint density at radius 3 is 2.25 bits per heavy atom. The third-order valence-electron chi connectivity index (χ3n) is 6.31. The molecule has 0 aliphatic heterocycles. The number of anilines is 3. The molecule has 4 rings (SSSR count). The fourth-order valence-electron chi connectivity index (χ4n) is 4.17. The van der Waals surface area contributed by atoms with Gasteiger partial charge >= 0.3 is 5.97 Å². The summed E-state index contributed by atoms with van der Waals surface area (Å²) < 4.78 is 5.24. The second-order valence-corrected chi connectivity index (χ2v) is 12.6. The number of ether oxygens (including phenoxy) is 1. The maximum atomic E-state index is 13.5. The van der Waals surface area contributed by atoms with Crippen molar-refractivity contribution in [2.45, 2.75) is 37.3 Å². The number of halogens is 2. The minimum atomic E-state index is -0.625. The quantitative estimate of drug-likeness (QED) is 0.109. The van der Waals surface area contributed by atoms with Gasteiger partial charge in [-0.2, -0.15) is 0 Å². The van der Waals surface area contributed by atoms with Gasteiger partial charge < -0.3 is 20.7 Å². The smallest absolute Gasteiger partial charge is 0.341 e. The monoisotopic (exact) mass is 669 g/mol. The average Bonchev–Trinajstić information content (AvgIpc) is 3.32. The number of benzene rings is 3. The molecule has 0 spiro atoms. The Kier molecular flexibility index (Phi) is 11.5. The minimum absolute atomic E-state index is 0.136. The number of carbonyl (C=O) groups excluding carboxylic acids is 4. The summed E-state index contributed by atoms with van der Waals surface area (Å²) >= 11 is 14.4. The number of hydrogen-bond acceptors (Lipinski definition) is 7. The highest BCUT2D eigenvalue weighted by Gasteiger charge is 2.28. The van der Waals surface area contributed by atoms with Crippen molar-refractivity contribution in [2.24, 2.45) is 0 Å². The normalized spacial score (nSPS) is 11.4. The molecule has 12 heteroatoms.